The van der Waals surface area contributed by atoms with Crippen molar-refractivity contribution in [3.05, 3.63) is 64.5 Å². The molecule has 0 saturated carbocycles. The van der Waals surface area contributed by atoms with E-state index >= 15 is 0 Å². The third-order valence-corrected chi connectivity index (χ3v) is 3.76. The van der Waals surface area contributed by atoms with Crippen LogP contribution in [0.25, 0.3) is 11.4 Å². The van der Waals surface area contributed by atoms with Crippen LogP contribution in [0.4, 0.5) is 0 Å². The minimum atomic E-state index is -0.499. The number of ether oxygens (including phenoxy) is 2. The molecule has 3 rings (SSSR count). The third-order valence-electron chi connectivity index (χ3n) is 3.52. The number of hydrogen-bond donors (Lipinski definition) is 0. The fourth-order valence-electron chi connectivity index (χ4n) is 2.22. The molecule has 0 unspecified atom stereocenters. The van der Waals surface area contributed by atoms with Crippen LogP contribution in [0, 0.1) is 6.92 Å². The van der Waals surface area contributed by atoms with Crippen LogP contribution < -0.4 is 4.74 Å². The van der Waals surface area contributed by atoms with Gasteiger partial charge in [0.15, 0.2) is 6.61 Å². The van der Waals surface area contributed by atoms with E-state index in [1.807, 2.05) is 13.0 Å². The topological polar surface area (TPSA) is 74.5 Å². The highest BCUT2D eigenvalue weighted by atomic mass is 35.5. The lowest BCUT2D eigenvalue weighted by molar-refractivity contribution is 0.0429. The van der Waals surface area contributed by atoms with Gasteiger partial charge >= 0.3 is 5.97 Å². The molecule has 128 valence electrons. The van der Waals surface area contributed by atoms with Crippen LogP contribution in [-0.2, 0) is 11.3 Å². The van der Waals surface area contributed by atoms with Gasteiger partial charge < -0.3 is 14.0 Å². The van der Waals surface area contributed by atoms with Gasteiger partial charge in [0.05, 0.1) is 12.7 Å². The van der Waals surface area contributed by atoms with E-state index in [9.17, 15) is 4.79 Å². The number of rotatable bonds is 5. The maximum absolute atomic E-state index is 12.1. The highest BCUT2D eigenvalue weighted by molar-refractivity contribution is 6.30. The molecule has 25 heavy (non-hydrogen) atoms. The van der Waals surface area contributed by atoms with E-state index < -0.39 is 5.97 Å². The average molecular weight is 359 g/mol. The normalized spacial score (nSPS) is 10.5. The molecule has 0 bridgehead atoms. The molecule has 0 N–H and O–H groups in total. The summed E-state index contributed by atoms with van der Waals surface area (Å²) in [6.45, 7) is 1.77. The van der Waals surface area contributed by atoms with Crippen LogP contribution in [0.2, 0.25) is 5.02 Å². The monoisotopic (exact) mass is 358 g/mol. The predicted molar refractivity (Wildman–Crippen MR) is 91.6 cm³/mol. The van der Waals surface area contributed by atoms with Crippen LogP contribution in [0.3, 0.4) is 0 Å². The second-order valence-corrected chi connectivity index (χ2v) is 5.72. The highest BCUT2D eigenvalue weighted by Crippen LogP contribution is 2.21. The molecule has 0 aliphatic heterocycles. The summed E-state index contributed by atoms with van der Waals surface area (Å²) in [5, 5.41) is 4.43. The maximum Gasteiger partial charge on any atom is 0.338 e. The second-order valence-electron chi connectivity index (χ2n) is 5.28. The Morgan fingerprint density at radius 1 is 1.24 bits per heavy atom. The van der Waals surface area contributed by atoms with Gasteiger partial charge in [-0.05, 0) is 36.8 Å². The van der Waals surface area contributed by atoms with Crippen molar-refractivity contribution >= 4 is 17.6 Å². The standard InChI is InChI=1S/C18H15ClN2O4/c1-11-6-7-13(9-15(11)23-2)18(22)24-10-16-20-17(21-25-16)12-4-3-5-14(19)8-12/h3-9H,10H2,1-2H3. The first kappa shape index (κ1) is 17.0. The summed E-state index contributed by atoms with van der Waals surface area (Å²) < 4.78 is 15.5. The SMILES string of the molecule is COc1cc(C(=O)OCc2nc(-c3cccc(Cl)c3)no2)ccc1C. The van der Waals surface area contributed by atoms with E-state index in [2.05, 4.69) is 10.1 Å². The Labute approximate surface area is 149 Å². The predicted octanol–water partition coefficient (Wildman–Crippen LogP) is 4.06. The van der Waals surface area contributed by atoms with Crippen molar-refractivity contribution in [3.63, 3.8) is 0 Å². The summed E-state index contributed by atoms with van der Waals surface area (Å²) in [5.74, 6) is 0.698. The molecule has 3 aromatic rings. The molecule has 0 aliphatic rings. The molecule has 1 aromatic heterocycles. The van der Waals surface area contributed by atoms with E-state index in [-0.39, 0.29) is 12.5 Å². The van der Waals surface area contributed by atoms with Crippen molar-refractivity contribution < 1.29 is 18.8 Å². The number of esters is 1. The van der Waals surface area contributed by atoms with E-state index in [0.29, 0.717) is 22.2 Å². The maximum atomic E-state index is 12.1. The Hall–Kier alpha value is -2.86. The molecular formula is C18H15ClN2O4. The number of benzene rings is 2. The molecule has 0 spiro atoms. The summed E-state index contributed by atoms with van der Waals surface area (Å²) >= 11 is 5.94. The number of nitrogens with zero attached hydrogens (tertiary/aromatic N) is 2. The van der Waals surface area contributed by atoms with Crippen molar-refractivity contribution in [2.75, 3.05) is 7.11 Å². The van der Waals surface area contributed by atoms with Crippen molar-refractivity contribution in [2.24, 2.45) is 0 Å². The molecule has 1 heterocycles. The molecule has 7 heteroatoms. The van der Waals surface area contributed by atoms with Crippen LogP contribution in [0.1, 0.15) is 21.8 Å². The van der Waals surface area contributed by atoms with Crippen molar-refractivity contribution in [3.8, 4) is 17.1 Å². The minimum Gasteiger partial charge on any atom is -0.496 e. The number of carbonyl (C=O) groups excluding carboxylic acids is 1. The molecule has 0 radical (unpaired) electrons. The zero-order chi connectivity index (χ0) is 17.8. The van der Waals surface area contributed by atoms with Crippen LogP contribution >= 0.6 is 11.6 Å². The smallest absolute Gasteiger partial charge is 0.338 e. The number of hydrogen-bond acceptors (Lipinski definition) is 6. The zero-order valence-electron chi connectivity index (χ0n) is 13.7. The molecule has 6 nitrogen and oxygen atoms in total. The van der Waals surface area contributed by atoms with Crippen LogP contribution in [0.5, 0.6) is 5.75 Å². The third kappa shape index (κ3) is 3.97. The van der Waals surface area contributed by atoms with Gasteiger partial charge in [0.1, 0.15) is 5.75 Å². The average Bonchev–Trinajstić information content (AvgIpc) is 3.09. The molecule has 0 saturated heterocycles. The number of aromatic nitrogens is 2. The van der Waals surface area contributed by atoms with Gasteiger partial charge in [-0.3, -0.25) is 0 Å². The fourth-order valence-corrected chi connectivity index (χ4v) is 2.41. The summed E-state index contributed by atoms with van der Waals surface area (Å²) in [6.07, 6.45) is 0. The Kier molecular flexibility index (Phi) is 5.00. The lowest BCUT2D eigenvalue weighted by Crippen LogP contribution is -2.06. The fraction of sp³-hybridized carbons (Fsp3) is 0.167. The molecule has 0 atom stereocenters. The second kappa shape index (κ2) is 7.36. The van der Waals surface area contributed by atoms with E-state index in [1.165, 1.54) is 0 Å². The first-order valence-electron chi connectivity index (χ1n) is 7.47. The van der Waals surface area contributed by atoms with Gasteiger partial charge in [-0.25, -0.2) is 4.79 Å². The van der Waals surface area contributed by atoms with E-state index in [0.717, 1.165) is 11.1 Å². The number of methoxy groups -OCH3 is 1. The summed E-state index contributed by atoms with van der Waals surface area (Å²) in [6, 6.07) is 12.2. The largest absolute Gasteiger partial charge is 0.496 e. The first-order chi connectivity index (χ1) is 12.1. The number of halogens is 1. The van der Waals surface area contributed by atoms with Crippen molar-refractivity contribution in [1.82, 2.24) is 10.1 Å². The molecule has 0 fully saturated rings. The van der Waals surface area contributed by atoms with Crippen molar-refractivity contribution in [2.45, 2.75) is 13.5 Å². The van der Waals surface area contributed by atoms with Gasteiger partial charge in [-0.2, -0.15) is 4.98 Å². The summed E-state index contributed by atoms with van der Waals surface area (Å²) in [4.78, 5) is 16.3. The lowest BCUT2D eigenvalue weighted by atomic mass is 10.1. The summed E-state index contributed by atoms with van der Waals surface area (Å²) in [5.41, 5.74) is 2.04. The van der Waals surface area contributed by atoms with Gasteiger partial charge in [0.25, 0.3) is 5.89 Å². The Balaban J connectivity index is 1.67. The Morgan fingerprint density at radius 2 is 2.08 bits per heavy atom. The van der Waals surface area contributed by atoms with Crippen LogP contribution in [-0.4, -0.2) is 23.2 Å². The highest BCUT2D eigenvalue weighted by Gasteiger charge is 2.14. The summed E-state index contributed by atoms with van der Waals surface area (Å²) in [7, 11) is 1.55. The van der Waals surface area contributed by atoms with Gasteiger partial charge in [-0.15, -0.1) is 0 Å². The quantitative estimate of drug-likeness (QED) is 0.640. The molecule has 0 aliphatic carbocycles. The number of aryl methyl sites for hydroxylation is 1. The van der Waals surface area contributed by atoms with Gasteiger partial charge in [0, 0.05) is 10.6 Å². The minimum absolute atomic E-state index is 0.122. The molecule has 0 amide bonds. The zero-order valence-corrected chi connectivity index (χ0v) is 14.4. The lowest BCUT2D eigenvalue weighted by Gasteiger charge is -2.07. The Bertz CT molecular complexity index is 908. The van der Waals surface area contributed by atoms with Gasteiger partial charge in [-0.1, -0.05) is 35.0 Å². The molecule has 2 aromatic carbocycles. The first-order valence-corrected chi connectivity index (χ1v) is 7.85. The Morgan fingerprint density at radius 3 is 2.84 bits per heavy atom. The van der Waals surface area contributed by atoms with E-state index in [4.69, 9.17) is 25.6 Å². The number of carbonyl (C=O) groups is 1. The van der Waals surface area contributed by atoms with Crippen LogP contribution in [0.15, 0.2) is 47.0 Å². The molecular weight excluding hydrogens is 344 g/mol. The van der Waals surface area contributed by atoms with Gasteiger partial charge in [0.2, 0.25) is 5.82 Å². The van der Waals surface area contributed by atoms with Crippen molar-refractivity contribution in [1.29, 1.82) is 0 Å². The van der Waals surface area contributed by atoms with E-state index in [1.54, 1.807) is 43.5 Å².